The van der Waals surface area contributed by atoms with Gasteiger partial charge in [0.25, 0.3) is 5.91 Å². The van der Waals surface area contributed by atoms with Crippen molar-refractivity contribution in [2.24, 2.45) is 0 Å². The molecule has 0 radical (unpaired) electrons. The SMILES string of the molecule is COC(=O)c1cccc(C(=O)NC(=S)Nc2cccc(F)c2)c1. The minimum atomic E-state index is -0.542. The van der Waals surface area contributed by atoms with Crippen LogP contribution < -0.4 is 10.6 Å². The van der Waals surface area contributed by atoms with Crippen molar-refractivity contribution in [3.63, 3.8) is 0 Å². The zero-order valence-electron chi connectivity index (χ0n) is 12.1. The van der Waals surface area contributed by atoms with Crippen LogP contribution in [0.15, 0.2) is 48.5 Å². The third-order valence-corrected chi connectivity index (χ3v) is 3.06. The van der Waals surface area contributed by atoms with Gasteiger partial charge in [-0.15, -0.1) is 0 Å². The smallest absolute Gasteiger partial charge is 0.337 e. The molecule has 118 valence electrons. The number of nitrogens with one attached hydrogen (secondary N) is 2. The molecule has 0 aliphatic rings. The molecule has 0 unspecified atom stereocenters. The number of thiocarbonyl (C=S) groups is 1. The second-order valence-electron chi connectivity index (χ2n) is 4.49. The van der Waals surface area contributed by atoms with Gasteiger partial charge in [0.1, 0.15) is 5.82 Å². The van der Waals surface area contributed by atoms with Gasteiger partial charge < -0.3 is 10.1 Å². The van der Waals surface area contributed by atoms with Crippen molar-refractivity contribution in [2.75, 3.05) is 12.4 Å². The van der Waals surface area contributed by atoms with E-state index < -0.39 is 17.7 Å². The lowest BCUT2D eigenvalue weighted by Crippen LogP contribution is -2.34. The molecule has 0 aliphatic carbocycles. The van der Waals surface area contributed by atoms with Gasteiger partial charge in [-0.1, -0.05) is 12.1 Å². The minimum Gasteiger partial charge on any atom is -0.465 e. The van der Waals surface area contributed by atoms with Gasteiger partial charge in [-0.3, -0.25) is 10.1 Å². The number of methoxy groups -OCH3 is 1. The predicted octanol–water partition coefficient (Wildman–Crippen LogP) is 2.74. The quantitative estimate of drug-likeness (QED) is 0.668. The van der Waals surface area contributed by atoms with Gasteiger partial charge in [0.15, 0.2) is 5.11 Å². The van der Waals surface area contributed by atoms with Crippen molar-refractivity contribution < 1.29 is 18.7 Å². The average Bonchev–Trinajstić information content (AvgIpc) is 2.54. The Labute approximate surface area is 137 Å². The molecule has 0 saturated heterocycles. The Bertz CT molecular complexity index is 764. The molecular weight excluding hydrogens is 319 g/mol. The van der Waals surface area contributed by atoms with E-state index in [2.05, 4.69) is 15.4 Å². The fourth-order valence-electron chi connectivity index (χ4n) is 1.81. The Morgan fingerprint density at radius 2 is 1.78 bits per heavy atom. The van der Waals surface area contributed by atoms with E-state index >= 15 is 0 Å². The summed E-state index contributed by atoms with van der Waals surface area (Å²) in [6.45, 7) is 0. The summed E-state index contributed by atoms with van der Waals surface area (Å²) in [7, 11) is 1.26. The monoisotopic (exact) mass is 332 g/mol. The van der Waals surface area contributed by atoms with Crippen LogP contribution in [0.2, 0.25) is 0 Å². The molecule has 0 aromatic heterocycles. The highest BCUT2D eigenvalue weighted by molar-refractivity contribution is 7.80. The maximum absolute atomic E-state index is 13.1. The van der Waals surface area contributed by atoms with E-state index in [0.29, 0.717) is 5.69 Å². The Morgan fingerprint density at radius 1 is 1.09 bits per heavy atom. The van der Waals surface area contributed by atoms with Gasteiger partial charge in [0.2, 0.25) is 0 Å². The number of halogens is 1. The van der Waals surface area contributed by atoms with E-state index in [1.54, 1.807) is 12.1 Å². The van der Waals surface area contributed by atoms with Gasteiger partial charge in [0, 0.05) is 11.3 Å². The molecule has 0 heterocycles. The molecule has 0 atom stereocenters. The van der Waals surface area contributed by atoms with Gasteiger partial charge in [-0.2, -0.15) is 0 Å². The second-order valence-corrected chi connectivity index (χ2v) is 4.90. The van der Waals surface area contributed by atoms with Gasteiger partial charge >= 0.3 is 5.97 Å². The van der Waals surface area contributed by atoms with E-state index in [4.69, 9.17) is 12.2 Å². The van der Waals surface area contributed by atoms with Gasteiger partial charge in [0.05, 0.1) is 12.7 Å². The van der Waals surface area contributed by atoms with E-state index in [-0.39, 0.29) is 16.2 Å². The van der Waals surface area contributed by atoms with Crippen LogP contribution in [0.25, 0.3) is 0 Å². The Balaban J connectivity index is 2.04. The fraction of sp³-hybridized carbons (Fsp3) is 0.0625. The molecule has 23 heavy (non-hydrogen) atoms. The molecule has 2 rings (SSSR count). The molecule has 0 saturated carbocycles. The van der Waals surface area contributed by atoms with Crippen LogP contribution in [0.4, 0.5) is 10.1 Å². The first kappa shape index (κ1) is 16.6. The fourth-order valence-corrected chi connectivity index (χ4v) is 2.02. The average molecular weight is 332 g/mol. The third-order valence-electron chi connectivity index (χ3n) is 2.86. The van der Waals surface area contributed by atoms with Gasteiger partial charge in [-0.25, -0.2) is 9.18 Å². The number of amides is 1. The minimum absolute atomic E-state index is 0.0177. The summed E-state index contributed by atoms with van der Waals surface area (Å²) in [6, 6.07) is 11.7. The van der Waals surface area contributed by atoms with Crippen molar-refractivity contribution >= 4 is 34.9 Å². The summed E-state index contributed by atoms with van der Waals surface area (Å²) < 4.78 is 17.7. The Morgan fingerprint density at radius 3 is 2.48 bits per heavy atom. The number of hydrogen-bond donors (Lipinski definition) is 2. The number of ether oxygens (including phenoxy) is 1. The largest absolute Gasteiger partial charge is 0.465 e. The third kappa shape index (κ3) is 4.58. The lowest BCUT2D eigenvalue weighted by molar-refractivity contribution is 0.0600. The number of benzene rings is 2. The highest BCUT2D eigenvalue weighted by Gasteiger charge is 2.12. The molecule has 0 aliphatic heterocycles. The molecule has 1 amide bonds. The zero-order valence-corrected chi connectivity index (χ0v) is 12.9. The van der Waals surface area contributed by atoms with Crippen LogP contribution >= 0.6 is 12.2 Å². The molecule has 0 spiro atoms. The molecule has 7 heteroatoms. The van der Waals surface area contributed by atoms with Crippen LogP contribution in [-0.2, 0) is 4.74 Å². The number of carbonyl (C=O) groups excluding carboxylic acids is 2. The first-order valence-corrected chi connectivity index (χ1v) is 6.96. The molecule has 2 aromatic carbocycles. The molecule has 2 aromatic rings. The maximum atomic E-state index is 13.1. The number of esters is 1. The summed E-state index contributed by atoms with van der Waals surface area (Å²) >= 11 is 5.01. The van der Waals surface area contributed by atoms with Crippen LogP contribution in [0.1, 0.15) is 20.7 Å². The zero-order chi connectivity index (χ0) is 16.8. The number of anilines is 1. The van der Waals surface area contributed by atoms with Crippen molar-refractivity contribution in [1.29, 1.82) is 0 Å². The van der Waals surface area contributed by atoms with Crippen LogP contribution in [0, 0.1) is 5.82 Å². The molecular formula is C16H13FN2O3S. The van der Waals surface area contributed by atoms with Crippen molar-refractivity contribution in [3.05, 3.63) is 65.5 Å². The normalized spacial score (nSPS) is 9.83. The van der Waals surface area contributed by atoms with E-state index in [9.17, 15) is 14.0 Å². The number of hydrogen-bond acceptors (Lipinski definition) is 4. The van der Waals surface area contributed by atoms with Crippen LogP contribution in [0.3, 0.4) is 0 Å². The van der Waals surface area contributed by atoms with E-state index in [0.717, 1.165) is 0 Å². The Hall–Kier alpha value is -2.80. The molecule has 2 N–H and O–H groups in total. The van der Waals surface area contributed by atoms with Crippen molar-refractivity contribution in [2.45, 2.75) is 0 Å². The Kier molecular flexibility index (Phi) is 5.37. The van der Waals surface area contributed by atoms with Gasteiger partial charge in [-0.05, 0) is 48.6 Å². The predicted molar refractivity (Wildman–Crippen MR) is 87.9 cm³/mol. The lowest BCUT2D eigenvalue weighted by Gasteiger charge is -2.10. The summed E-state index contributed by atoms with van der Waals surface area (Å²) in [5.41, 5.74) is 0.916. The molecule has 0 fully saturated rings. The molecule has 5 nitrogen and oxygen atoms in total. The second kappa shape index (κ2) is 7.46. The van der Waals surface area contributed by atoms with Crippen molar-refractivity contribution in [1.82, 2.24) is 5.32 Å². The molecule has 0 bridgehead atoms. The highest BCUT2D eigenvalue weighted by Crippen LogP contribution is 2.10. The maximum Gasteiger partial charge on any atom is 0.337 e. The highest BCUT2D eigenvalue weighted by atomic mass is 32.1. The lowest BCUT2D eigenvalue weighted by atomic mass is 10.1. The number of carbonyl (C=O) groups is 2. The standard InChI is InChI=1S/C16H13FN2O3S/c1-22-15(21)11-5-2-4-10(8-11)14(20)19-16(23)18-13-7-3-6-12(17)9-13/h2-9H,1H3,(H2,18,19,20,23). The first-order chi connectivity index (χ1) is 11.0. The van der Waals surface area contributed by atoms with Crippen LogP contribution in [0.5, 0.6) is 0 Å². The van der Waals surface area contributed by atoms with E-state index in [1.807, 2.05) is 0 Å². The van der Waals surface area contributed by atoms with Crippen LogP contribution in [-0.4, -0.2) is 24.1 Å². The topological polar surface area (TPSA) is 67.4 Å². The summed E-state index contributed by atoms with van der Waals surface area (Å²) in [5, 5.41) is 5.17. The van der Waals surface area contributed by atoms with Crippen molar-refractivity contribution in [3.8, 4) is 0 Å². The summed E-state index contributed by atoms with van der Waals surface area (Å²) in [6.07, 6.45) is 0. The van der Waals surface area contributed by atoms with E-state index in [1.165, 1.54) is 43.5 Å². The summed E-state index contributed by atoms with van der Waals surface area (Å²) in [4.78, 5) is 23.6. The summed E-state index contributed by atoms with van der Waals surface area (Å²) in [5.74, 6) is -1.46. The number of rotatable bonds is 3. The first-order valence-electron chi connectivity index (χ1n) is 6.56.